The number of nitro benzene ring substituents is 1. The molecular formula is C21H30N4O5S. The van der Waals surface area contributed by atoms with Crippen LogP contribution in [0.15, 0.2) is 35.2 Å². The van der Waals surface area contributed by atoms with Crippen molar-refractivity contribution >= 4 is 27.3 Å². The van der Waals surface area contributed by atoms with E-state index in [9.17, 15) is 23.3 Å². The van der Waals surface area contributed by atoms with Crippen molar-refractivity contribution in [2.24, 2.45) is 5.92 Å². The van der Waals surface area contributed by atoms with Gasteiger partial charge in [0.15, 0.2) is 0 Å². The van der Waals surface area contributed by atoms with E-state index in [2.05, 4.69) is 12.2 Å². The maximum Gasteiger partial charge on any atom is 0.293 e. The number of rotatable bonds is 8. The SMILES string of the molecule is CCN(CC)S(=O)(=O)c1ccc(N2CCN(C(=O)CC3C=CCC3)CC2)c([N+](=O)[O-])c1. The van der Waals surface area contributed by atoms with Gasteiger partial charge in [0.1, 0.15) is 5.69 Å². The van der Waals surface area contributed by atoms with Crippen LogP contribution in [0.25, 0.3) is 0 Å². The molecule has 0 bridgehead atoms. The summed E-state index contributed by atoms with van der Waals surface area (Å²) in [5.41, 5.74) is 0.151. The summed E-state index contributed by atoms with van der Waals surface area (Å²) >= 11 is 0. The van der Waals surface area contributed by atoms with Crippen molar-refractivity contribution in [3.8, 4) is 0 Å². The van der Waals surface area contributed by atoms with Gasteiger partial charge < -0.3 is 9.80 Å². The Morgan fingerprint density at radius 2 is 1.87 bits per heavy atom. The highest BCUT2D eigenvalue weighted by atomic mass is 32.2. The molecule has 170 valence electrons. The molecule has 0 N–H and O–H groups in total. The molecule has 1 aromatic rings. The number of benzene rings is 1. The van der Waals surface area contributed by atoms with Crippen molar-refractivity contribution < 1.29 is 18.1 Å². The molecule has 0 spiro atoms. The molecule has 1 fully saturated rings. The molecule has 10 heteroatoms. The number of hydrogen-bond donors (Lipinski definition) is 0. The maximum absolute atomic E-state index is 12.8. The average Bonchev–Trinajstić information content (AvgIpc) is 3.27. The Labute approximate surface area is 183 Å². The van der Waals surface area contributed by atoms with Crippen molar-refractivity contribution in [1.29, 1.82) is 0 Å². The van der Waals surface area contributed by atoms with Gasteiger partial charge in [0.05, 0.1) is 9.82 Å². The topological polar surface area (TPSA) is 104 Å². The maximum atomic E-state index is 12.8. The van der Waals surface area contributed by atoms with Crippen molar-refractivity contribution in [3.63, 3.8) is 0 Å². The number of piperazine rings is 1. The van der Waals surface area contributed by atoms with E-state index in [0.717, 1.165) is 18.9 Å². The number of nitrogens with zero attached hydrogens (tertiary/aromatic N) is 4. The number of sulfonamides is 1. The predicted molar refractivity (Wildman–Crippen MR) is 118 cm³/mol. The van der Waals surface area contributed by atoms with Crippen molar-refractivity contribution in [3.05, 3.63) is 40.5 Å². The third-order valence-electron chi connectivity index (χ3n) is 6.01. The number of carbonyl (C=O) groups is 1. The predicted octanol–water partition coefficient (Wildman–Crippen LogP) is 2.63. The Morgan fingerprint density at radius 3 is 2.42 bits per heavy atom. The number of anilines is 1. The first kappa shape index (κ1) is 23.2. The molecule has 9 nitrogen and oxygen atoms in total. The first-order valence-electron chi connectivity index (χ1n) is 10.8. The van der Waals surface area contributed by atoms with Gasteiger partial charge in [-0.2, -0.15) is 4.31 Å². The Morgan fingerprint density at radius 1 is 1.19 bits per heavy atom. The minimum absolute atomic E-state index is 0.0786. The lowest BCUT2D eigenvalue weighted by Crippen LogP contribution is -2.49. The zero-order valence-corrected chi connectivity index (χ0v) is 18.9. The molecule has 0 radical (unpaired) electrons. The number of amides is 1. The van der Waals surface area contributed by atoms with Gasteiger partial charge in [-0.3, -0.25) is 14.9 Å². The summed E-state index contributed by atoms with van der Waals surface area (Å²) in [6, 6.07) is 4.09. The van der Waals surface area contributed by atoms with Gasteiger partial charge in [0.25, 0.3) is 5.69 Å². The second-order valence-corrected chi connectivity index (χ2v) is 9.77. The van der Waals surface area contributed by atoms with Crippen LogP contribution in [0.5, 0.6) is 0 Å². The molecule has 0 aromatic heterocycles. The molecule has 2 aliphatic rings. The van der Waals surface area contributed by atoms with Gasteiger partial charge in [0.2, 0.25) is 15.9 Å². The van der Waals surface area contributed by atoms with Gasteiger partial charge in [-0.15, -0.1) is 0 Å². The van der Waals surface area contributed by atoms with Crippen LogP contribution in [-0.2, 0) is 14.8 Å². The quantitative estimate of drug-likeness (QED) is 0.343. The van der Waals surface area contributed by atoms with Gasteiger partial charge >= 0.3 is 0 Å². The van der Waals surface area contributed by atoms with E-state index < -0.39 is 14.9 Å². The Balaban J connectivity index is 1.73. The molecule has 1 unspecified atom stereocenters. The van der Waals surface area contributed by atoms with Gasteiger partial charge in [-0.25, -0.2) is 8.42 Å². The van der Waals surface area contributed by atoms with Crippen molar-refractivity contribution in [2.75, 3.05) is 44.2 Å². The molecule has 3 rings (SSSR count). The normalized spacial score (nSPS) is 19.3. The van der Waals surface area contributed by atoms with Crippen LogP contribution >= 0.6 is 0 Å². The monoisotopic (exact) mass is 450 g/mol. The molecule has 31 heavy (non-hydrogen) atoms. The van der Waals surface area contributed by atoms with Crippen LogP contribution in [0, 0.1) is 16.0 Å². The minimum Gasteiger partial charge on any atom is -0.362 e. The lowest BCUT2D eigenvalue weighted by atomic mass is 10.0. The van der Waals surface area contributed by atoms with Gasteiger partial charge in [-0.1, -0.05) is 26.0 Å². The first-order chi connectivity index (χ1) is 14.8. The molecule has 1 saturated heterocycles. The summed E-state index contributed by atoms with van der Waals surface area (Å²) in [5, 5.41) is 11.7. The second kappa shape index (κ2) is 9.78. The van der Waals surface area contributed by atoms with Crippen LogP contribution in [-0.4, -0.2) is 67.7 Å². The third-order valence-corrected chi connectivity index (χ3v) is 8.05. The summed E-state index contributed by atoms with van der Waals surface area (Å²) < 4.78 is 26.8. The van der Waals surface area contributed by atoms with E-state index in [1.54, 1.807) is 13.8 Å². The van der Waals surface area contributed by atoms with E-state index in [0.29, 0.717) is 57.3 Å². The Bertz CT molecular complexity index is 951. The molecule has 1 heterocycles. The molecule has 1 atom stereocenters. The standard InChI is InChI=1S/C21H30N4O5S/c1-3-24(4-2)31(29,30)18-9-10-19(20(16-18)25(27)28)22-11-13-23(14-12-22)21(26)15-17-7-5-6-8-17/h5,7,9-10,16-17H,3-4,6,8,11-15H2,1-2H3. The summed E-state index contributed by atoms with van der Waals surface area (Å²) in [6.07, 6.45) is 6.76. The summed E-state index contributed by atoms with van der Waals surface area (Å²) in [5.74, 6) is 0.429. The average molecular weight is 451 g/mol. The van der Waals surface area contributed by atoms with Crippen molar-refractivity contribution in [2.45, 2.75) is 38.0 Å². The van der Waals surface area contributed by atoms with E-state index in [-0.39, 0.29) is 16.5 Å². The fourth-order valence-electron chi connectivity index (χ4n) is 4.21. The highest BCUT2D eigenvalue weighted by molar-refractivity contribution is 7.89. The van der Waals surface area contributed by atoms with Crippen molar-refractivity contribution in [1.82, 2.24) is 9.21 Å². The van der Waals surface area contributed by atoms with Crippen LogP contribution in [0.1, 0.15) is 33.1 Å². The molecule has 0 saturated carbocycles. The van der Waals surface area contributed by atoms with E-state index in [4.69, 9.17) is 0 Å². The van der Waals surface area contributed by atoms with E-state index in [1.807, 2.05) is 9.80 Å². The smallest absolute Gasteiger partial charge is 0.293 e. The van der Waals surface area contributed by atoms with Crippen LogP contribution < -0.4 is 4.90 Å². The molecule has 1 aromatic carbocycles. The van der Waals surface area contributed by atoms with E-state index >= 15 is 0 Å². The largest absolute Gasteiger partial charge is 0.362 e. The summed E-state index contributed by atoms with van der Waals surface area (Å²) in [4.78, 5) is 27.3. The van der Waals surface area contributed by atoms with E-state index in [1.165, 1.54) is 16.4 Å². The minimum atomic E-state index is -3.78. The molecule has 1 amide bonds. The fraction of sp³-hybridized carbons (Fsp3) is 0.571. The third kappa shape index (κ3) is 5.07. The van der Waals surface area contributed by atoms with Gasteiger partial charge in [0, 0.05) is 51.8 Å². The summed E-state index contributed by atoms with van der Waals surface area (Å²) in [6.45, 7) is 5.96. The lowest BCUT2D eigenvalue weighted by Gasteiger charge is -2.36. The molecule has 1 aliphatic heterocycles. The number of nitro groups is 1. The lowest BCUT2D eigenvalue weighted by molar-refractivity contribution is -0.384. The second-order valence-electron chi connectivity index (χ2n) is 7.83. The summed E-state index contributed by atoms with van der Waals surface area (Å²) in [7, 11) is -3.78. The Kier molecular flexibility index (Phi) is 7.32. The van der Waals surface area contributed by atoms with Crippen LogP contribution in [0.2, 0.25) is 0 Å². The fourth-order valence-corrected chi connectivity index (χ4v) is 5.68. The Hall–Kier alpha value is -2.46. The van der Waals surface area contributed by atoms with Crippen LogP contribution in [0.4, 0.5) is 11.4 Å². The zero-order chi connectivity index (χ0) is 22.6. The van der Waals surface area contributed by atoms with Crippen LogP contribution in [0.3, 0.4) is 0 Å². The van der Waals surface area contributed by atoms with Gasteiger partial charge in [-0.05, 0) is 30.9 Å². The number of hydrogen-bond acceptors (Lipinski definition) is 6. The molecule has 1 aliphatic carbocycles. The highest BCUT2D eigenvalue weighted by Crippen LogP contribution is 2.32. The zero-order valence-electron chi connectivity index (χ0n) is 18.1. The number of carbonyl (C=O) groups excluding carboxylic acids is 1. The molecular weight excluding hydrogens is 420 g/mol. The first-order valence-corrected chi connectivity index (χ1v) is 12.2. The number of allylic oxidation sites excluding steroid dienone is 2. The highest BCUT2D eigenvalue weighted by Gasteiger charge is 2.30.